The van der Waals surface area contributed by atoms with E-state index in [1.54, 1.807) is 25.3 Å². The van der Waals surface area contributed by atoms with E-state index in [0.29, 0.717) is 40.1 Å². The maximum Gasteiger partial charge on any atom is 0.260 e. The number of halogens is 1. The van der Waals surface area contributed by atoms with E-state index in [9.17, 15) is 9.59 Å². The fraction of sp³-hybridized carbons (Fsp3) is 0.429. The van der Waals surface area contributed by atoms with Crippen molar-refractivity contribution in [1.29, 1.82) is 0 Å². The van der Waals surface area contributed by atoms with Gasteiger partial charge in [0, 0.05) is 30.2 Å². The lowest BCUT2D eigenvalue weighted by molar-refractivity contribution is 0.0948. The number of benzene rings is 1. The smallest absolute Gasteiger partial charge is 0.260 e. The average molecular weight is 437 g/mol. The number of amides is 2. The predicted molar refractivity (Wildman–Crippen MR) is 116 cm³/mol. The first-order valence-corrected chi connectivity index (χ1v) is 10.8. The van der Waals surface area contributed by atoms with Gasteiger partial charge in [-0.3, -0.25) is 9.59 Å². The van der Waals surface area contributed by atoms with Gasteiger partial charge in [-0.15, -0.1) is 11.3 Å². The molecule has 0 radical (unpaired) electrons. The Morgan fingerprint density at radius 2 is 1.97 bits per heavy atom. The SMILES string of the molecule is COCCCNC(=O)c1c(NC(=O)c2cc(Cl)ccc2OC)sc2c1CCCC2. The molecule has 0 aliphatic heterocycles. The summed E-state index contributed by atoms with van der Waals surface area (Å²) in [7, 11) is 3.14. The molecule has 1 aromatic carbocycles. The van der Waals surface area contributed by atoms with Crippen LogP contribution in [-0.2, 0) is 17.6 Å². The van der Waals surface area contributed by atoms with E-state index in [4.69, 9.17) is 21.1 Å². The Morgan fingerprint density at radius 1 is 1.17 bits per heavy atom. The van der Waals surface area contributed by atoms with Crippen LogP contribution in [-0.4, -0.2) is 39.2 Å². The van der Waals surface area contributed by atoms with E-state index in [0.717, 1.165) is 37.7 Å². The Balaban J connectivity index is 1.87. The molecule has 156 valence electrons. The number of methoxy groups -OCH3 is 2. The van der Waals surface area contributed by atoms with Crippen LogP contribution in [0.2, 0.25) is 5.02 Å². The molecule has 0 unspecified atom stereocenters. The number of fused-ring (bicyclic) bond motifs is 1. The van der Waals surface area contributed by atoms with E-state index in [2.05, 4.69) is 10.6 Å². The number of carbonyl (C=O) groups excluding carboxylic acids is 2. The third-order valence-electron chi connectivity index (χ3n) is 4.84. The highest BCUT2D eigenvalue weighted by Gasteiger charge is 2.27. The summed E-state index contributed by atoms with van der Waals surface area (Å²) in [6.07, 6.45) is 4.65. The number of carbonyl (C=O) groups is 2. The second-order valence-corrected chi connectivity index (χ2v) is 8.36. The minimum atomic E-state index is -0.351. The molecule has 0 fully saturated rings. The van der Waals surface area contributed by atoms with Gasteiger partial charge in [-0.05, 0) is 55.9 Å². The molecule has 29 heavy (non-hydrogen) atoms. The standard InChI is InChI=1S/C21H25ClN2O4S/c1-27-11-5-10-23-20(26)18-14-6-3-4-7-17(14)29-21(18)24-19(25)15-12-13(22)8-9-16(15)28-2/h8-9,12H,3-7,10-11H2,1-2H3,(H,23,26)(H,24,25). The summed E-state index contributed by atoms with van der Waals surface area (Å²) in [5.74, 6) is -0.0796. The lowest BCUT2D eigenvalue weighted by Gasteiger charge is -2.13. The summed E-state index contributed by atoms with van der Waals surface area (Å²) in [5.41, 5.74) is 1.97. The fourth-order valence-electron chi connectivity index (χ4n) is 3.43. The lowest BCUT2D eigenvalue weighted by atomic mass is 9.95. The molecule has 2 amide bonds. The first-order chi connectivity index (χ1) is 14.0. The van der Waals surface area contributed by atoms with E-state index >= 15 is 0 Å². The van der Waals surface area contributed by atoms with Gasteiger partial charge in [-0.25, -0.2) is 0 Å². The van der Waals surface area contributed by atoms with Gasteiger partial charge in [0.2, 0.25) is 0 Å². The summed E-state index contributed by atoms with van der Waals surface area (Å²) >= 11 is 7.54. The van der Waals surface area contributed by atoms with E-state index in [-0.39, 0.29) is 11.8 Å². The third-order valence-corrected chi connectivity index (χ3v) is 6.28. The van der Waals surface area contributed by atoms with Gasteiger partial charge < -0.3 is 20.1 Å². The fourth-order valence-corrected chi connectivity index (χ4v) is 4.88. The topological polar surface area (TPSA) is 76.7 Å². The van der Waals surface area contributed by atoms with Gasteiger partial charge in [0.25, 0.3) is 11.8 Å². The van der Waals surface area contributed by atoms with Gasteiger partial charge in [0.05, 0.1) is 18.2 Å². The zero-order chi connectivity index (χ0) is 20.8. The summed E-state index contributed by atoms with van der Waals surface area (Å²) in [4.78, 5) is 27.0. The molecular weight excluding hydrogens is 412 g/mol. The maximum absolute atomic E-state index is 12.9. The van der Waals surface area contributed by atoms with Crippen molar-refractivity contribution < 1.29 is 19.1 Å². The van der Waals surface area contributed by atoms with Crippen molar-refractivity contribution in [3.05, 3.63) is 44.8 Å². The number of rotatable bonds is 8. The summed E-state index contributed by atoms with van der Waals surface area (Å²) < 4.78 is 10.3. The molecule has 0 bridgehead atoms. The zero-order valence-electron chi connectivity index (χ0n) is 16.6. The van der Waals surface area contributed by atoms with Crippen molar-refractivity contribution in [1.82, 2.24) is 5.32 Å². The van der Waals surface area contributed by atoms with Gasteiger partial charge in [0.15, 0.2) is 0 Å². The van der Waals surface area contributed by atoms with Crippen LogP contribution in [0.4, 0.5) is 5.00 Å². The van der Waals surface area contributed by atoms with Crippen LogP contribution in [0.25, 0.3) is 0 Å². The van der Waals surface area contributed by atoms with E-state index < -0.39 is 0 Å². The Kier molecular flexibility index (Phi) is 7.52. The van der Waals surface area contributed by atoms with Gasteiger partial charge >= 0.3 is 0 Å². The van der Waals surface area contributed by atoms with Gasteiger partial charge in [-0.1, -0.05) is 11.6 Å². The number of aryl methyl sites for hydroxylation is 1. The Hall–Kier alpha value is -2.09. The second kappa shape index (κ2) is 10.1. The molecule has 0 saturated carbocycles. The molecule has 2 N–H and O–H groups in total. The van der Waals surface area contributed by atoms with Crippen LogP contribution in [0.3, 0.4) is 0 Å². The molecule has 2 aromatic rings. The summed E-state index contributed by atoms with van der Waals surface area (Å²) in [6.45, 7) is 1.10. The molecule has 0 spiro atoms. The molecule has 3 rings (SSSR count). The summed E-state index contributed by atoms with van der Waals surface area (Å²) in [5, 5.41) is 6.89. The second-order valence-electron chi connectivity index (χ2n) is 6.82. The lowest BCUT2D eigenvalue weighted by Crippen LogP contribution is -2.27. The van der Waals surface area contributed by atoms with Crippen molar-refractivity contribution >= 4 is 39.8 Å². The van der Waals surface area contributed by atoms with Gasteiger partial charge in [-0.2, -0.15) is 0 Å². The molecule has 1 aromatic heterocycles. The normalized spacial score (nSPS) is 12.9. The zero-order valence-corrected chi connectivity index (χ0v) is 18.2. The predicted octanol–water partition coefficient (Wildman–Crippen LogP) is 4.31. The molecule has 0 atom stereocenters. The van der Waals surface area contributed by atoms with Crippen LogP contribution in [0.5, 0.6) is 5.75 Å². The third kappa shape index (κ3) is 5.10. The molecule has 6 nitrogen and oxygen atoms in total. The van der Waals surface area contributed by atoms with Crippen molar-refractivity contribution in [2.75, 3.05) is 32.7 Å². The van der Waals surface area contributed by atoms with Gasteiger partial charge in [0.1, 0.15) is 10.8 Å². The Morgan fingerprint density at radius 3 is 2.72 bits per heavy atom. The van der Waals surface area contributed by atoms with E-state index in [1.165, 1.54) is 23.3 Å². The molecule has 1 heterocycles. The number of thiophene rings is 1. The first kappa shape index (κ1) is 21.6. The number of anilines is 1. The van der Waals surface area contributed by atoms with Crippen molar-refractivity contribution in [2.45, 2.75) is 32.1 Å². The number of hydrogen-bond donors (Lipinski definition) is 2. The quantitative estimate of drug-likeness (QED) is 0.604. The molecule has 1 aliphatic carbocycles. The van der Waals surface area contributed by atoms with Crippen molar-refractivity contribution in [2.24, 2.45) is 0 Å². The van der Waals surface area contributed by atoms with Crippen LogP contribution in [0.1, 0.15) is 50.4 Å². The Labute approximate surface area is 179 Å². The van der Waals surface area contributed by atoms with Crippen LogP contribution < -0.4 is 15.4 Å². The highest BCUT2D eigenvalue weighted by Crippen LogP contribution is 2.38. The minimum absolute atomic E-state index is 0.158. The first-order valence-electron chi connectivity index (χ1n) is 9.61. The van der Waals surface area contributed by atoms with Crippen LogP contribution in [0, 0.1) is 0 Å². The van der Waals surface area contributed by atoms with Crippen molar-refractivity contribution in [3.8, 4) is 5.75 Å². The van der Waals surface area contributed by atoms with Crippen LogP contribution in [0.15, 0.2) is 18.2 Å². The molecule has 0 saturated heterocycles. The van der Waals surface area contributed by atoms with Crippen LogP contribution >= 0.6 is 22.9 Å². The highest BCUT2D eigenvalue weighted by atomic mass is 35.5. The average Bonchev–Trinajstić information content (AvgIpc) is 3.08. The highest BCUT2D eigenvalue weighted by molar-refractivity contribution is 7.17. The van der Waals surface area contributed by atoms with Crippen molar-refractivity contribution in [3.63, 3.8) is 0 Å². The Bertz CT molecular complexity index is 897. The number of hydrogen-bond acceptors (Lipinski definition) is 5. The number of nitrogens with one attached hydrogen (secondary N) is 2. The largest absolute Gasteiger partial charge is 0.496 e. The van der Waals surface area contributed by atoms with E-state index in [1.807, 2.05) is 0 Å². The monoisotopic (exact) mass is 436 g/mol. The number of ether oxygens (including phenoxy) is 2. The minimum Gasteiger partial charge on any atom is -0.496 e. The molecular formula is C21H25ClN2O4S. The maximum atomic E-state index is 12.9. The summed E-state index contributed by atoms with van der Waals surface area (Å²) in [6, 6.07) is 4.88. The molecule has 8 heteroatoms. The molecule has 1 aliphatic rings.